The number of nitrogens with two attached hydrogens (primary N) is 1. The van der Waals surface area contributed by atoms with Crippen LogP contribution in [0.1, 0.15) is 19.8 Å². The highest BCUT2D eigenvalue weighted by atomic mass is 35.5. The van der Waals surface area contributed by atoms with Crippen LogP contribution in [0.5, 0.6) is 0 Å². The molecule has 0 bridgehead atoms. The first-order valence-corrected chi connectivity index (χ1v) is 5.65. The number of rotatable bonds is 5. The van der Waals surface area contributed by atoms with Gasteiger partial charge in [0.25, 0.3) is 0 Å². The fourth-order valence-corrected chi connectivity index (χ4v) is 1.49. The number of anilines is 1. The molecular formula is C11H16ClN3O. The third-order valence-corrected chi connectivity index (χ3v) is 2.71. The van der Waals surface area contributed by atoms with Crippen molar-refractivity contribution in [2.75, 3.05) is 11.9 Å². The number of halogens is 1. The molecule has 4 nitrogen and oxygen atoms in total. The SMILES string of the molecule is CCC(CN)CC(=O)Nc1ncccc1Cl. The average molecular weight is 242 g/mol. The van der Waals surface area contributed by atoms with E-state index in [0.717, 1.165) is 6.42 Å². The van der Waals surface area contributed by atoms with Crippen LogP contribution in [0.2, 0.25) is 5.02 Å². The lowest BCUT2D eigenvalue weighted by Crippen LogP contribution is -2.22. The molecule has 0 aliphatic carbocycles. The minimum Gasteiger partial charge on any atom is -0.330 e. The van der Waals surface area contributed by atoms with E-state index in [1.165, 1.54) is 0 Å². The van der Waals surface area contributed by atoms with E-state index >= 15 is 0 Å². The van der Waals surface area contributed by atoms with Crippen LogP contribution < -0.4 is 11.1 Å². The van der Waals surface area contributed by atoms with Gasteiger partial charge in [-0.05, 0) is 24.6 Å². The predicted octanol–water partition coefficient (Wildman–Crippen LogP) is 2.05. The third kappa shape index (κ3) is 3.79. The van der Waals surface area contributed by atoms with Crippen molar-refractivity contribution in [3.63, 3.8) is 0 Å². The number of hydrogen-bond donors (Lipinski definition) is 2. The molecule has 16 heavy (non-hydrogen) atoms. The largest absolute Gasteiger partial charge is 0.330 e. The van der Waals surface area contributed by atoms with Crippen LogP contribution in [0, 0.1) is 5.92 Å². The fraction of sp³-hybridized carbons (Fsp3) is 0.455. The maximum atomic E-state index is 11.6. The van der Waals surface area contributed by atoms with Gasteiger partial charge in [-0.15, -0.1) is 0 Å². The number of nitrogens with zero attached hydrogens (tertiary/aromatic N) is 1. The summed E-state index contributed by atoms with van der Waals surface area (Å²) in [6, 6.07) is 3.40. The van der Waals surface area contributed by atoms with E-state index in [9.17, 15) is 4.79 Å². The highest BCUT2D eigenvalue weighted by molar-refractivity contribution is 6.33. The summed E-state index contributed by atoms with van der Waals surface area (Å²) >= 11 is 5.87. The first-order valence-electron chi connectivity index (χ1n) is 5.27. The number of aromatic nitrogens is 1. The first kappa shape index (κ1) is 12.9. The second-order valence-electron chi connectivity index (χ2n) is 3.60. The topological polar surface area (TPSA) is 68.0 Å². The van der Waals surface area contributed by atoms with E-state index in [0.29, 0.717) is 23.8 Å². The van der Waals surface area contributed by atoms with Crippen LogP contribution >= 0.6 is 11.6 Å². The molecule has 5 heteroatoms. The maximum Gasteiger partial charge on any atom is 0.225 e. The summed E-state index contributed by atoms with van der Waals surface area (Å²) in [6.07, 6.45) is 2.88. The number of carbonyl (C=O) groups excluding carboxylic acids is 1. The van der Waals surface area contributed by atoms with Crippen LogP contribution in [0.25, 0.3) is 0 Å². The Morgan fingerprint density at radius 1 is 1.69 bits per heavy atom. The number of amides is 1. The van der Waals surface area contributed by atoms with Crippen LogP contribution in [-0.2, 0) is 4.79 Å². The minimum atomic E-state index is -0.0992. The molecule has 0 spiro atoms. The van der Waals surface area contributed by atoms with Crippen LogP contribution in [0.4, 0.5) is 5.82 Å². The summed E-state index contributed by atoms with van der Waals surface area (Å²) in [5.74, 6) is 0.515. The molecule has 1 atom stereocenters. The molecule has 0 radical (unpaired) electrons. The van der Waals surface area contributed by atoms with Gasteiger partial charge in [0.15, 0.2) is 5.82 Å². The van der Waals surface area contributed by atoms with E-state index in [4.69, 9.17) is 17.3 Å². The Labute approximate surface area is 100 Å². The molecule has 0 saturated heterocycles. The van der Waals surface area contributed by atoms with Gasteiger partial charge in [-0.1, -0.05) is 24.9 Å². The standard InChI is InChI=1S/C11H16ClN3O/c1-2-8(7-13)6-10(16)15-11-9(12)4-3-5-14-11/h3-5,8H,2,6-7,13H2,1H3,(H,14,15,16). The van der Waals surface area contributed by atoms with Gasteiger partial charge in [0.2, 0.25) is 5.91 Å². The molecular weight excluding hydrogens is 226 g/mol. The van der Waals surface area contributed by atoms with Crippen molar-refractivity contribution >= 4 is 23.3 Å². The van der Waals surface area contributed by atoms with Gasteiger partial charge in [0.05, 0.1) is 5.02 Å². The van der Waals surface area contributed by atoms with E-state index < -0.39 is 0 Å². The van der Waals surface area contributed by atoms with Crippen LogP contribution in [0.3, 0.4) is 0 Å². The molecule has 88 valence electrons. The van der Waals surface area contributed by atoms with Gasteiger partial charge in [-0.3, -0.25) is 4.79 Å². The molecule has 1 unspecified atom stereocenters. The normalized spacial score (nSPS) is 12.2. The van der Waals surface area contributed by atoms with Crippen molar-refractivity contribution in [1.29, 1.82) is 0 Å². The molecule has 1 amide bonds. The van der Waals surface area contributed by atoms with Gasteiger partial charge >= 0.3 is 0 Å². The average Bonchev–Trinajstić information content (AvgIpc) is 2.29. The summed E-state index contributed by atoms with van der Waals surface area (Å²) in [4.78, 5) is 15.6. The second-order valence-corrected chi connectivity index (χ2v) is 4.00. The van der Waals surface area contributed by atoms with Crippen molar-refractivity contribution in [2.45, 2.75) is 19.8 Å². The Kier molecular flexibility index (Phi) is 5.22. The summed E-state index contributed by atoms with van der Waals surface area (Å²) in [6.45, 7) is 2.53. The quantitative estimate of drug-likeness (QED) is 0.829. The first-order chi connectivity index (χ1) is 7.67. The molecule has 1 aromatic rings. The molecule has 3 N–H and O–H groups in total. The maximum absolute atomic E-state index is 11.6. The van der Waals surface area contributed by atoms with Crippen molar-refractivity contribution < 1.29 is 4.79 Å². The van der Waals surface area contributed by atoms with E-state index in [2.05, 4.69) is 10.3 Å². The van der Waals surface area contributed by atoms with E-state index in [1.807, 2.05) is 6.92 Å². The Morgan fingerprint density at radius 2 is 2.44 bits per heavy atom. The Bertz CT molecular complexity index is 353. The van der Waals surface area contributed by atoms with E-state index in [1.54, 1.807) is 18.3 Å². The lowest BCUT2D eigenvalue weighted by Gasteiger charge is -2.11. The minimum absolute atomic E-state index is 0.0992. The zero-order valence-corrected chi connectivity index (χ0v) is 10.00. The monoisotopic (exact) mass is 241 g/mol. The number of nitrogens with one attached hydrogen (secondary N) is 1. The summed E-state index contributed by atoms with van der Waals surface area (Å²) in [7, 11) is 0. The van der Waals surface area contributed by atoms with Crippen molar-refractivity contribution in [3.8, 4) is 0 Å². The van der Waals surface area contributed by atoms with Crippen molar-refractivity contribution in [2.24, 2.45) is 11.7 Å². The predicted molar refractivity (Wildman–Crippen MR) is 65.3 cm³/mol. The van der Waals surface area contributed by atoms with Crippen molar-refractivity contribution in [3.05, 3.63) is 23.4 Å². The van der Waals surface area contributed by atoms with Crippen LogP contribution in [-0.4, -0.2) is 17.4 Å². The van der Waals surface area contributed by atoms with Crippen molar-refractivity contribution in [1.82, 2.24) is 4.98 Å². The summed E-state index contributed by atoms with van der Waals surface area (Å²) < 4.78 is 0. The van der Waals surface area contributed by atoms with Crippen LogP contribution in [0.15, 0.2) is 18.3 Å². The molecule has 0 aliphatic rings. The number of carbonyl (C=O) groups is 1. The zero-order valence-electron chi connectivity index (χ0n) is 9.24. The number of pyridine rings is 1. The molecule has 0 aromatic carbocycles. The molecule has 0 fully saturated rings. The fourth-order valence-electron chi connectivity index (χ4n) is 1.32. The number of hydrogen-bond acceptors (Lipinski definition) is 3. The smallest absolute Gasteiger partial charge is 0.225 e. The lowest BCUT2D eigenvalue weighted by molar-refractivity contribution is -0.117. The van der Waals surface area contributed by atoms with Gasteiger partial charge in [-0.2, -0.15) is 0 Å². The molecule has 1 rings (SSSR count). The molecule has 1 aromatic heterocycles. The Morgan fingerprint density at radius 3 is 3.00 bits per heavy atom. The zero-order chi connectivity index (χ0) is 12.0. The summed E-state index contributed by atoms with van der Waals surface area (Å²) in [5.41, 5.74) is 5.53. The highest BCUT2D eigenvalue weighted by Crippen LogP contribution is 2.18. The Balaban J connectivity index is 2.55. The third-order valence-electron chi connectivity index (χ3n) is 2.40. The van der Waals surface area contributed by atoms with Gasteiger partial charge in [0.1, 0.15) is 0 Å². The van der Waals surface area contributed by atoms with Gasteiger partial charge in [0, 0.05) is 12.6 Å². The molecule has 0 saturated carbocycles. The molecule has 1 heterocycles. The lowest BCUT2D eigenvalue weighted by atomic mass is 10.0. The van der Waals surface area contributed by atoms with E-state index in [-0.39, 0.29) is 11.8 Å². The van der Waals surface area contributed by atoms with Gasteiger partial charge in [-0.25, -0.2) is 4.98 Å². The highest BCUT2D eigenvalue weighted by Gasteiger charge is 2.12. The second kappa shape index (κ2) is 6.45. The molecule has 0 aliphatic heterocycles. The Hall–Kier alpha value is -1.13. The van der Waals surface area contributed by atoms with Gasteiger partial charge < -0.3 is 11.1 Å². The summed E-state index contributed by atoms with van der Waals surface area (Å²) in [5, 5.41) is 3.11.